The molecule has 2 fully saturated rings. The van der Waals surface area contributed by atoms with Gasteiger partial charge in [0.2, 0.25) is 5.88 Å². The molecule has 2 aromatic carbocycles. The molecule has 10 heteroatoms. The van der Waals surface area contributed by atoms with Crippen LogP contribution >= 0.6 is 11.6 Å². The van der Waals surface area contributed by atoms with Crippen LogP contribution in [-0.4, -0.2) is 48.8 Å². The fourth-order valence-corrected chi connectivity index (χ4v) is 6.76. The zero-order chi connectivity index (χ0) is 31.9. The van der Waals surface area contributed by atoms with Crippen molar-refractivity contribution >= 4 is 35.0 Å². The zero-order valence-electron chi connectivity index (χ0n) is 26.0. The summed E-state index contributed by atoms with van der Waals surface area (Å²) in [5.74, 6) is 0.676. The SMILES string of the molecule is Cc1ccc(-n2nc(C(C)(C)C)cc2NC(=O)Nc2cccc(CC3CC4CCC(C3)N4C(=O)c3cnc(O)c(Cl)c3)c2)cc1. The van der Waals surface area contributed by atoms with Crippen LogP contribution in [0.15, 0.2) is 66.9 Å². The van der Waals surface area contributed by atoms with Gasteiger partial charge in [-0.1, -0.05) is 62.2 Å². The lowest BCUT2D eigenvalue weighted by atomic mass is 9.85. The van der Waals surface area contributed by atoms with Gasteiger partial charge < -0.3 is 15.3 Å². The third kappa shape index (κ3) is 6.68. The third-order valence-electron chi connectivity index (χ3n) is 8.84. The van der Waals surface area contributed by atoms with E-state index < -0.39 is 0 Å². The highest BCUT2D eigenvalue weighted by atomic mass is 35.5. The molecule has 0 saturated carbocycles. The topological polar surface area (TPSA) is 112 Å². The second-order valence-corrected chi connectivity index (χ2v) is 13.8. The van der Waals surface area contributed by atoms with E-state index in [1.165, 1.54) is 12.3 Å². The summed E-state index contributed by atoms with van der Waals surface area (Å²) < 4.78 is 1.77. The summed E-state index contributed by atoms with van der Waals surface area (Å²) in [5, 5.41) is 20.6. The smallest absolute Gasteiger partial charge is 0.324 e. The van der Waals surface area contributed by atoms with Crippen LogP contribution in [0.25, 0.3) is 5.69 Å². The van der Waals surface area contributed by atoms with E-state index >= 15 is 0 Å². The highest BCUT2D eigenvalue weighted by Crippen LogP contribution is 2.41. The molecule has 2 aromatic heterocycles. The van der Waals surface area contributed by atoms with Gasteiger partial charge in [-0.25, -0.2) is 14.5 Å². The molecule has 2 unspecified atom stereocenters. The van der Waals surface area contributed by atoms with E-state index in [1.807, 2.05) is 60.4 Å². The standard InChI is InChI=1S/C35H39ClN6O3/c1-21-8-10-26(11-9-21)42-31(19-30(40-42)35(2,3)4)39-34(45)38-25-7-5-6-22(15-25)14-23-16-27-12-13-28(17-23)41(27)33(44)24-18-29(36)32(43)37-20-24/h5-11,15,18-20,23,27-28H,12-14,16-17H2,1-4H3,(H,37,43)(H2,38,39,45). The number of aromatic hydroxyl groups is 1. The van der Waals surface area contributed by atoms with Crippen molar-refractivity contribution in [3.05, 3.63) is 94.3 Å². The summed E-state index contributed by atoms with van der Waals surface area (Å²) in [6, 6.07) is 19.4. The molecule has 0 aliphatic carbocycles. The molecule has 3 N–H and O–H groups in total. The van der Waals surface area contributed by atoms with Crippen LogP contribution in [0.4, 0.5) is 16.3 Å². The molecule has 2 atom stereocenters. The molecule has 0 radical (unpaired) electrons. The van der Waals surface area contributed by atoms with Crippen molar-refractivity contribution < 1.29 is 14.7 Å². The van der Waals surface area contributed by atoms with Crippen LogP contribution in [0.5, 0.6) is 5.88 Å². The molecule has 9 nitrogen and oxygen atoms in total. The number of fused-ring (bicyclic) bond motifs is 2. The number of amides is 3. The van der Waals surface area contributed by atoms with Gasteiger partial charge >= 0.3 is 6.03 Å². The number of benzene rings is 2. The van der Waals surface area contributed by atoms with Gasteiger partial charge in [-0.2, -0.15) is 5.10 Å². The lowest BCUT2D eigenvalue weighted by molar-refractivity contribution is 0.0524. The van der Waals surface area contributed by atoms with Crippen LogP contribution in [-0.2, 0) is 11.8 Å². The number of carbonyl (C=O) groups excluding carboxylic acids is 2. The average molecular weight is 627 g/mol. The van der Waals surface area contributed by atoms with Gasteiger partial charge in [0.15, 0.2) is 0 Å². The first-order chi connectivity index (χ1) is 21.4. The predicted molar refractivity (Wildman–Crippen MR) is 176 cm³/mol. The van der Waals surface area contributed by atoms with Crippen LogP contribution in [0, 0.1) is 12.8 Å². The summed E-state index contributed by atoms with van der Waals surface area (Å²) in [6.07, 6.45) is 6.04. The summed E-state index contributed by atoms with van der Waals surface area (Å²) in [4.78, 5) is 32.4. The van der Waals surface area contributed by atoms with Gasteiger partial charge in [0.25, 0.3) is 5.91 Å². The maximum Gasteiger partial charge on any atom is 0.324 e. The fourth-order valence-electron chi connectivity index (χ4n) is 6.59. The van der Waals surface area contributed by atoms with Crippen molar-refractivity contribution in [3.63, 3.8) is 0 Å². The number of hydrogen-bond donors (Lipinski definition) is 3. The van der Waals surface area contributed by atoms with Crippen LogP contribution in [0.1, 0.15) is 73.6 Å². The van der Waals surface area contributed by atoms with Crippen LogP contribution in [0.2, 0.25) is 5.02 Å². The number of pyridine rings is 1. The molecule has 6 rings (SSSR count). The normalized spacial score (nSPS) is 19.4. The van der Waals surface area contributed by atoms with Crippen molar-refractivity contribution in [2.24, 2.45) is 5.92 Å². The second-order valence-electron chi connectivity index (χ2n) is 13.4. The van der Waals surface area contributed by atoms with Gasteiger partial charge in [0.1, 0.15) is 10.8 Å². The molecule has 4 aromatic rings. The zero-order valence-corrected chi connectivity index (χ0v) is 26.8. The number of hydrogen-bond acceptors (Lipinski definition) is 5. The number of urea groups is 1. The quantitative estimate of drug-likeness (QED) is 0.205. The summed E-state index contributed by atoms with van der Waals surface area (Å²) in [6.45, 7) is 8.33. The number of anilines is 2. The van der Waals surface area contributed by atoms with Crippen molar-refractivity contribution in [2.75, 3.05) is 10.6 Å². The number of nitrogens with one attached hydrogen (secondary N) is 2. The monoisotopic (exact) mass is 626 g/mol. The largest absolute Gasteiger partial charge is 0.492 e. The predicted octanol–water partition coefficient (Wildman–Crippen LogP) is 7.50. The van der Waals surface area contributed by atoms with Crippen molar-refractivity contribution in [1.82, 2.24) is 19.7 Å². The second kappa shape index (κ2) is 12.2. The molecular weight excluding hydrogens is 588 g/mol. The highest BCUT2D eigenvalue weighted by molar-refractivity contribution is 6.32. The average Bonchev–Trinajstić information content (AvgIpc) is 3.53. The van der Waals surface area contributed by atoms with Gasteiger partial charge in [-0.15, -0.1) is 0 Å². The van der Waals surface area contributed by atoms with E-state index in [9.17, 15) is 14.7 Å². The first-order valence-electron chi connectivity index (χ1n) is 15.5. The van der Waals surface area contributed by atoms with E-state index in [1.54, 1.807) is 4.68 Å². The van der Waals surface area contributed by atoms with E-state index in [0.717, 1.165) is 60.3 Å². The molecule has 2 aliphatic rings. The Morgan fingerprint density at radius 1 is 1.00 bits per heavy atom. The number of aromatic nitrogens is 3. The minimum atomic E-state index is -0.338. The Labute approximate surface area is 268 Å². The van der Waals surface area contributed by atoms with Crippen molar-refractivity contribution in [3.8, 4) is 11.6 Å². The van der Waals surface area contributed by atoms with Gasteiger partial charge in [-0.05, 0) is 80.8 Å². The maximum atomic E-state index is 13.3. The Bertz CT molecular complexity index is 1710. The number of rotatable bonds is 6. The Kier molecular flexibility index (Phi) is 8.31. The first kappa shape index (κ1) is 30.6. The molecule has 45 heavy (non-hydrogen) atoms. The Balaban J connectivity index is 1.11. The van der Waals surface area contributed by atoms with Crippen molar-refractivity contribution in [2.45, 2.75) is 77.3 Å². The third-order valence-corrected chi connectivity index (χ3v) is 9.12. The molecule has 0 spiro atoms. The van der Waals surface area contributed by atoms with Crippen LogP contribution < -0.4 is 10.6 Å². The van der Waals surface area contributed by atoms with E-state index in [2.05, 4.69) is 42.5 Å². The lowest BCUT2D eigenvalue weighted by Gasteiger charge is -2.39. The van der Waals surface area contributed by atoms with Crippen LogP contribution in [0.3, 0.4) is 0 Å². The molecule has 3 amide bonds. The molecule has 2 aliphatic heterocycles. The minimum absolute atomic E-state index is 0.0779. The number of halogens is 1. The fraction of sp³-hybridized carbons (Fsp3) is 0.371. The number of nitrogens with zero attached hydrogens (tertiary/aromatic N) is 4. The minimum Gasteiger partial charge on any atom is -0.492 e. The lowest BCUT2D eigenvalue weighted by Crippen LogP contribution is -2.46. The molecular formula is C35H39ClN6O3. The highest BCUT2D eigenvalue weighted by Gasteiger charge is 2.43. The van der Waals surface area contributed by atoms with Gasteiger partial charge in [0.05, 0.1) is 16.9 Å². The maximum absolute atomic E-state index is 13.3. The Hall–Kier alpha value is -4.37. The number of piperidine rings is 1. The first-order valence-corrected chi connectivity index (χ1v) is 15.8. The molecule has 2 bridgehead atoms. The number of carbonyl (C=O) groups is 2. The number of aryl methyl sites for hydroxylation is 1. The molecule has 234 valence electrons. The summed E-state index contributed by atoms with van der Waals surface area (Å²) >= 11 is 6.02. The Morgan fingerprint density at radius 3 is 2.38 bits per heavy atom. The summed E-state index contributed by atoms with van der Waals surface area (Å²) in [5.41, 5.74) is 4.99. The molecule has 4 heterocycles. The van der Waals surface area contributed by atoms with E-state index in [4.69, 9.17) is 16.7 Å². The van der Waals surface area contributed by atoms with E-state index in [-0.39, 0.29) is 40.3 Å². The van der Waals surface area contributed by atoms with Gasteiger partial charge in [0, 0.05) is 35.4 Å². The summed E-state index contributed by atoms with van der Waals surface area (Å²) in [7, 11) is 0. The van der Waals surface area contributed by atoms with E-state index in [0.29, 0.717) is 17.3 Å². The van der Waals surface area contributed by atoms with Crippen molar-refractivity contribution in [1.29, 1.82) is 0 Å². The molecule has 2 saturated heterocycles. The Morgan fingerprint density at radius 2 is 1.71 bits per heavy atom. The van der Waals surface area contributed by atoms with Gasteiger partial charge in [-0.3, -0.25) is 10.1 Å².